The Bertz CT molecular complexity index is 966. The van der Waals surface area contributed by atoms with Gasteiger partial charge in [0.25, 0.3) is 5.91 Å². The molecule has 1 aromatic carbocycles. The predicted molar refractivity (Wildman–Crippen MR) is 107 cm³/mol. The molecule has 0 radical (unpaired) electrons. The second-order valence-corrected chi connectivity index (χ2v) is 8.58. The van der Waals surface area contributed by atoms with Crippen molar-refractivity contribution in [3.63, 3.8) is 0 Å². The van der Waals surface area contributed by atoms with E-state index in [1.165, 1.54) is 0 Å². The third-order valence-electron chi connectivity index (χ3n) is 5.55. The van der Waals surface area contributed by atoms with Crippen LogP contribution < -0.4 is 5.32 Å². The number of benzene rings is 1. The summed E-state index contributed by atoms with van der Waals surface area (Å²) < 4.78 is 7.26. The lowest BCUT2D eigenvalue weighted by atomic mass is 9.71. The summed E-state index contributed by atoms with van der Waals surface area (Å²) in [4.78, 5) is 12.8. The van der Waals surface area contributed by atoms with E-state index in [1.54, 1.807) is 10.7 Å². The van der Waals surface area contributed by atoms with E-state index in [4.69, 9.17) is 4.52 Å². The number of hydrogen-bond donors (Lipinski definition) is 1. The number of anilines is 1. The van der Waals surface area contributed by atoms with Crippen molar-refractivity contribution in [1.82, 2.24) is 14.9 Å². The molecule has 0 fully saturated rings. The molecule has 2 aromatic heterocycles. The molecule has 0 spiro atoms. The van der Waals surface area contributed by atoms with Gasteiger partial charge in [-0.1, -0.05) is 56.3 Å². The monoisotopic (exact) mass is 378 g/mol. The third kappa shape index (κ3) is 3.86. The summed E-state index contributed by atoms with van der Waals surface area (Å²) in [7, 11) is 0. The molecule has 0 bridgehead atoms. The molecule has 6 nitrogen and oxygen atoms in total. The van der Waals surface area contributed by atoms with Crippen LogP contribution in [0.2, 0.25) is 0 Å². The Morgan fingerprint density at radius 2 is 2.04 bits per heavy atom. The van der Waals surface area contributed by atoms with Gasteiger partial charge >= 0.3 is 0 Å². The first kappa shape index (κ1) is 18.5. The zero-order valence-corrected chi connectivity index (χ0v) is 16.6. The van der Waals surface area contributed by atoms with E-state index in [9.17, 15) is 4.79 Å². The number of nitrogens with one attached hydrogen (secondary N) is 1. The van der Waals surface area contributed by atoms with Crippen LogP contribution in [-0.4, -0.2) is 20.8 Å². The molecule has 1 aliphatic rings. The molecule has 2 heterocycles. The van der Waals surface area contributed by atoms with E-state index >= 15 is 0 Å². The molecule has 0 aliphatic heterocycles. The number of rotatable bonds is 4. The minimum atomic E-state index is -0.260. The molecule has 0 saturated heterocycles. The van der Waals surface area contributed by atoms with E-state index in [2.05, 4.69) is 36.3 Å². The number of nitrogens with zero attached hydrogens (tertiary/aromatic N) is 3. The Morgan fingerprint density at radius 1 is 1.25 bits per heavy atom. The van der Waals surface area contributed by atoms with Crippen LogP contribution in [-0.2, 0) is 19.4 Å². The van der Waals surface area contributed by atoms with Crippen LogP contribution >= 0.6 is 0 Å². The number of carbonyl (C=O) groups is 1. The Labute approximate surface area is 164 Å². The Kier molecular flexibility index (Phi) is 4.79. The maximum absolute atomic E-state index is 12.8. The lowest BCUT2D eigenvalue weighted by Crippen LogP contribution is -2.27. The zero-order chi connectivity index (χ0) is 19.7. The van der Waals surface area contributed by atoms with Gasteiger partial charge in [0.15, 0.2) is 11.5 Å². The molecule has 1 atom stereocenters. The van der Waals surface area contributed by atoms with Gasteiger partial charge in [0, 0.05) is 24.2 Å². The Balaban J connectivity index is 1.46. The summed E-state index contributed by atoms with van der Waals surface area (Å²) in [5.74, 6) is 1.61. The molecule has 146 valence electrons. The van der Waals surface area contributed by atoms with Gasteiger partial charge < -0.3 is 9.84 Å². The highest BCUT2D eigenvalue weighted by Crippen LogP contribution is 2.38. The minimum absolute atomic E-state index is 0.193. The molecule has 1 amide bonds. The van der Waals surface area contributed by atoms with Crippen LogP contribution in [0.25, 0.3) is 0 Å². The summed E-state index contributed by atoms with van der Waals surface area (Å²) in [6, 6.07) is 11.9. The highest BCUT2D eigenvalue weighted by atomic mass is 16.5. The number of fused-ring (bicyclic) bond motifs is 1. The summed E-state index contributed by atoms with van der Waals surface area (Å²) in [5, 5.41) is 11.4. The van der Waals surface area contributed by atoms with Crippen molar-refractivity contribution < 1.29 is 9.32 Å². The molecule has 3 aromatic rings. The largest absolute Gasteiger partial charge is 0.360 e. The van der Waals surface area contributed by atoms with Crippen LogP contribution in [0.1, 0.15) is 54.6 Å². The second-order valence-electron chi connectivity index (χ2n) is 8.58. The molecule has 1 unspecified atom stereocenters. The van der Waals surface area contributed by atoms with Gasteiger partial charge in [-0.2, -0.15) is 5.10 Å². The van der Waals surface area contributed by atoms with Crippen LogP contribution in [0, 0.1) is 11.3 Å². The number of amides is 1. The zero-order valence-electron chi connectivity index (χ0n) is 16.6. The lowest BCUT2D eigenvalue weighted by molar-refractivity contribution is 0.101. The predicted octanol–water partition coefficient (Wildman–Crippen LogP) is 4.32. The number of aromatic nitrogens is 3. The maximum atomic E-state index is 12.8. The maximum Gasteiger partial charge on any atom is 0.279 e. The van der Waals surface area contributed by atoms with Crippen LogP contribution in [0.3, 0.4) is 0 Å². The number of hydrogen-bond acceptors (Lipinski definition) is 4. The first-order valence-corrected chi connectivity index (χ1v) is 9.76. The lowest BCUT2D eigenvalue weighted by Gasteiger charge is -2.33. The molecular weight excluding hydrogens is 352 g/mol. The van der Waals surface area contributed by atoms with Crippen molar-refractivity contribution in [2.75, 3.05) is 5.32 Å². The van der Waals surface area contributed by atoms with Gasteiger partial charge in [-0.15, -0.1) is 0 Å². The summed E-state index contributed by atoms with van der Waals surface area (Å²) in [5.41, 5.74) is 2.69. The van der Waals surface area contributed by atoms with Crippen molar-refractivity contribution in [3.05, 3.63) is 65.2 Å². The Morgan fingerprint density at radius 3 is 2.79 bits per heavy atom. The molecule has 6 heteroatoms. The number of carbonyl (C=O) groups excluding carboxylic acids is 1. The van der Waals surface area contributed by atoms with E-state index in [0.717, 1.165) is 36.1 Å². The smallest absolute Gasteiger partial charge is 0.279 e. The number of aryl methyl sites for hydroxylation is 1. The van der Waals surface area contributed by atoms with Crippen molar-refractivity contribution in [3.8, 4) is 0 Å². The summed E-state index contributed by atoms with van der Waals surface area (Å²) in [6.45, 7) is 7.39. The van der Waals surface area contributed by atoms with Gasteiger partial charge in [-0.3, -0.25) is 9.48 Å². The fraction of sp³-hybridized carbons (Fsp3) is 0.409. The average molecular weight is 378 g/mol. The van der Waals surface area contributed by atoms with Gasteiger partial charge in [0.05, 0.1) is 6.54 Å². The van der Waals surface area contributed by atoms with Crippen LogP contribution in [0.4, 0.5) is 5.82 Å². The average Bonchev–Trinajstić information content (AvgIpc) is 3.28. The fourth-order valence-electron chi connectivity index (χ4n) is 3.78. The normalized spacial score (nSPS) is 16.6. The van der Waals surface area contributed by atoms with E-state index in [1.807, 2.05) is 36.5 Å². The van der Waals surface area contributed by atoms with E-state index in [-0.39, 0.29) is 11.3 Å². The molecular formula is C22H26N4O2. The van der Waals surface area contributed by atoms with Gasteiger partial charge in [-0.05, 0) is 29.7 Å². The molecule has 4 rings (SSSR count). The minimum Gasteiger partial charge on any atom is -0.360 e. The van der Waals surface area contributed by atoms with Crippen molar-refractivity contribution in [1.29, 1.82) is 0 Å². The first-order chi connectivity index (χ1) is 13.4. The van der Waals surface area contributed by atoms with Crippen molar-refractivity contribution >= 4 is 11.7 Å². The highest BCUT2D eigenvalue weighted by Gasteiger charge is 2.34. The second kappa shape index (κ2) is 7.26. The quantitative estimate of drug-likeness (QED) is 0.734. The van der Waals surface area contributed by atoms with Crippen molar-refractivity contribution in [2.45, 2.75) is 46.6 Å². The van der Waals surface area contributed by atoms with E-state index < -0.39 is 0 Å². The summed E-state index contributed by atoms with van der Waals surface area (Å²) in [6.07, 6.45) is 4.59. The topological polar surface area (TPSA) is 73.0 Å². The molecule has 0 saturated carbocycles. The SMILES string of the molecule is CC(C)(C)C1CCc2onc(C(=O)Nc3ccn(Cc4ccccc4)n3)c2C1. The molecule has 1 N–H and O–H groups in total. The fourth-order valence-corrected chi connectivity index (χ4v) is 3.78. The third-order valence-corrected chi connectivity index (χ3v) is 5.55. The highest BCUT2D eigenvalue weighted by molar-refractivity contribution is 6.03. The molecule has 1 aliphatic carbocycles. The van der Waals surface area contributed by atoms with E-state index in [0.29, 0.717) is 24.0 Å². The summed E-state index contributed by atoms with van der Waals surface area (Å²) >= 11 is 0. The van der Waals surface area contributed by atoms with Crippen LogP contribution in [0.5, 0.6) is 0 Å². The van der Waals surface area contributed by atoms with Gasteiger partial charge in [-0.25, -0.2) is 0 Å². The standard InChI is InChI=1S/C22H26N4O2/c1-22(2,3)16-9-10-18-17(13-16)20(25-28-18)21(27)23-19-11-12-26(24-19)14-15-7-5-4-6-8-15/h4-8,11-12,16H,9-10,13-14H2,1-3H3,(H,23,24,27). The van der Waals surface area contributed by atoms with Gasteiger partial charge in [0.2, 0.25) is 0 Å². The Hall–Kier alpha value is -2.89. The molecule has 28 heavy (non-hydrogen) atoms. The van der Waals surface area contributed by atoms with Crippen LogP contribution in [0.15, 0.2) is 47.1 Å². The first-order valence-electron chi connectivity index (χ1n) is 9.76. The van der Waals surface area contributed by atoms with Gasteiger partial charge in [0.1, 0.15) is 5.76 Å². The van der Waals surface area contributed by atoms with Crippen molar-refractivity contribution in [2.24, 2.45) is 11.3 Å².